The number of Topliss-reactive ketones (excluding diaryl/α,β-unsaturated/α-hetero) is 1. The van der Waals surface area contributed by atoms with Gasteiger partial charge in [-0.2, -0.15) is 0 Å². The smallest absolute Gasteiger partial charge is 0.269 e. The zero-order valence-corrected chi connectivity index (χ0v) is 11.3. The van der Waals surface area contributed by atoms with Crippen LogP contribution >= 0.6 is 11.3 Å². The van der Waals surface area contributed by atoms with Crippen molar-refractivity contribution in [2.45, 2.75) is 19.8 Å². The number of ketones is 1. The first kappa shape index (κ1) is 13.4. The number of nitro groups is 1. The van der Waals surface area contributed by atoms with E-state index in [1.54, 1.807) is 12.1 Å². The second kappa shape index (κ2) is 5.75. The summed E-state index contributed by atoms with van der Waals surface area (Å²) in [5.41, 5.74) is 1.91. The third-order valence-electron chi connectivity index (χ3n) is 2.89. The maximum absolute atomic E-state index is 12.2. The minimum Gasteiger partial charge on any atom is -0.293 e. The highest BCUT2D eigenvalue weighted by atomic mass is 32.1. The van der Waals surface area contributed by atoms with Gasteiger partial charge in [-0.3, -0.25) is 14.9 Å². The minimum atomic E-state index is -0.444. The van der Waals surface area contributed by atoms with Gasteiger partial charge in [-0.05, 0) is 29.0 Å². The highest BCUT2D eigenvalue weighted by Crippen LogP contribution is 2.20. The molecule has 0 bridgehead atoms. The van der Waals surface area contributed by atoms with Crippen LogP contribution in [0.15, 0.2) is 35.7 Å². The first-order chi connectivity index (χ1) is 9.11. The van der Waals surface area contributed by atoms with Gasteiger partial charge in [0.1, 0.15) is 0 Å². The number of benzene rings is 1. The summed E-state index contributed by atoms with van der Waals surface area (Å²) in [4.78, 5) is 23.0. The lowest BCUT2D eigenvalue weighted by atomic mass is 10.0. The van der Waals surface area contributed by atoms with Crippen molar-refractivity contribution in [3.63, 3.8) is 0 Å². The number of thiophene rings is 1. The Kier molecular flexibility index (Phi) is 4.06. The highest BCUT2D eigenvalue weighted by Gasteiger charge is 2.13. The predicted octanol–water partition coefficient (Wildman–Crippen LogP) is 3.64. The molecule has 0 atom stereocenters. The van der Waals surface area contributed by atoms with Crippen LogP contribution in [-0.2, 0) is 12.8 Å². The van der Waals surface area contributed by atoms with Crippen LogP contribution < -0.4 is 0 Å². The Bertz CT molecular complexity index is 601. The molecule has 0 radical (unpaired) electrons. The molecule has 2 aromatic rings. The summed E-state index contributed by atoms with van der Waals surface area (Å²) in [5, 5.41) is 12.5. The molecule has 5 heteroatoms. The number of nitrogens with zero attached hydrogens (tertiary/aromatic N) is 1. The van der Waals surface area contributed by atoms with E-state index in [0.29, 0.717) is 0 Å². The van der Waals surface area contributed by atoms with Crippen LogP contribution in [0.2, 0.25) is 0 Å². The van der Waals surface area contributed by atoms with Gasteiger partial charge in [0.25, 0.3) is 5.69 Å². The second-order valence-corrected chi connectivity index (χ2v) is 5.07. The van der Waals surface area contributed by atoms with Gasteiger partial charge in [-0.1, -0.05) is 19.1 Å². The van der Waals surface area contributed by atoms with Crippen molar-refractivity contribution in [2.24, 2.45) is 0 Å². The quantitative estimate of drug-likeness (QED) is 0.475. The van der Waals surface area contributed by atoms with E-state index in [9.17, 15) is 14.9 Å². The van der Waals surface area contributed by atoms with Crippen LogP contribution in [0.25, 0.3) is 0 Å². The van der Waals surface area contributed by atoms with Crippen molar-refractivity contribution < 1.29 is 9.72 Å². The molecule has 19 heavy (non-hydrogen) atoms. The summed E-state index contributed by atoms with van der Waals surface area (Å²) in [6.07, 6.45) is 1.12. The molecule has 0 saturated heterocycles. The normalized spacial score (nSPS) is 10.4. The number of rotatable bonds is 5. The number of nitro benzene ring substituents is 1. The monoisotopic (exact) mass is 275 g/mol. The fourth-order valence-corrected chi connectivity index (χ4v) is 2.80. The third kappa shape index (κ3) is 3.06. The number of aryl methyl sites for hydroxylation is 1. The van der Waals surface area contributed by atoms with Crippen molar-refractivity contribution in [1.29, 1.82) is 0 Å². The lowest BCUT2D eigenvalue weighted by Gasteiger charge is -2.01. The van der Waals surface area contributed by atoms with Gasteiger partial charge in [-0.25, -0.2) is 0 Å². The summed E-state index contributed by atoms with van der Waals surface area (Å²) in [6.45, 7) is 2.02. The van der Waals surface area contributed by atoms with E-state index in [1.807, 2.05) is 18.4 Å². The van der Waals surface area contributed by atoms with Crippen LogP contribution in [-0.4, -0.2) is 10.7 Å². The average molecular weight is 275 g/mol. The van der Waals surface area contributed by atoms with Gasteiger partial charge in [0.2, 0.25) is 0 Å². The maximum Gasteiger partial charge on any atom is 0.269 e. The van der Waals surface area contributed by atoms with E-state index >= 15 is 0 Å². The van der Waals surface area contributed by atoms with Gasteiger partial charge in [0, 0.05) is 18.6 Å². The first-order valence-corrected chi connectivity index (χ1v) is 6.82. The fourth-order valence-electron chi connectivity index (χ4n) is 1.86. The van der Waals surface area contributed by atoms with Crippen LogP contribution in [0.5, 0.6) is 0 Å². The Morgan fingerprint density at radius 2 is 1.95 bits per heavy atom. The van der Waals surface area contributed by atoms with E-state index in [-0.39, 0.29) is 17.9 Å². The summed E-state index contributed by atoms with van der Waals surface area (Å²) >= 11 is 1.45. The summed E-state index contributed by atoms with van der Waals surface area (Å²) in [7, 11) is 0. The zero-order valence-electron chi connectivity index (χ0n) is 10.5. The Morgan fingerprint density at radius 1 is 1.26 bits per heavy atom. The van der Waals surface area contributed by atoms with Gasteiger partial charge in [-0.15, -0.1) is 11.3 Å². The standard InChI is InChI=1S/C14H13NO3S/c1-2-11-7-8-19-14(11)13(16)9-10-3-5-12(6-4-10)15(17)18/h3-8H,2,9H2,1H3. The Balaban J connectivity index is 2.13. The molecule has 1 aromatic heterocycles. The molecule has 0 spiro atoms. The Hall–Kier alpha value is -2.01. The molecule has 0 amide bonds. The molecule has 1 heterocycles. The Morgan fingerprint density at radius 3 is 2.53 bits per heavy atom. The third-order valence-corrected chi connectivity index (χ3v) is 3.89. The fraction of sp³-hybridized carbons (Fsp3) is 0.214. The number of carbonyl (C=O) groups excluding carboxylic acids is 1. The molecule has 0 saturated carbocycles. The number of carbonyl (C=O) groups is 1. The minimum absolute atomic E-state index is 0.0431. The lowest BCUT2D eigenvalue weighted by Crippen LogP contribution is -2.03. The second-order valence-electron chi connectivity index (χ2n) is 4.15. The van der Waals surface area contributed by atoms with Crippen molar-refractivity contribution >= 4 is 22.8 Å². The summed E-state index contributed by atoms with van der Waals surface area (Å²) in [5.74, 6) is 0.0701. The molecule has 0 aliphatic carbocycles. The number of hydrogen-bond donors (Lipinski definition) is 0. The molecule has 0 N–H and O–H groups in total. The van der Waals surface area contributed by atoms with E-state index in [4.69, 9.17) is 0 Å². The SMILES string of the molecule is CCc1ccsc1C(=O)Cc1ccc([N+](=O)[O-])cc1. The average Bonchev–Trinajstić information content (AvgIpc) is 2.87. The molecule has 98 valence electrons. The summed E-state index contributed by atoms with van der Waals surface area (Å²) < 4.78 is 0. The van der Waals surface area contributed by atoms with Crippen molar-refractivity contribution in [2.75, 3.05) is 0 Å². The molecule has 1 aromatic carbocycles. The highest BCUT2D eigenvalue weighted by molar-refractivity contribution is 7.12. The van der Waals surface area contributed by atoms with Crippen molar-refractivity contribution in [1.82, 2.24) is 0 Å². The molecule has 0 aliphatic heterocycles. The molecular weight excluding hydrogens is 262 g/mol. The lowest BCUT2D eigenvalue weighted by molar-refractivity contribution is -0.384. The van der Waals surface area contributed by atoms with Crippen molar-refractivity contribution in [3.8, 4) is 0 Å². The molecule has 0 unspecified atom stereocenters. The van der Waals surface area contributed by atoms with E-state index < -0.39 is 4.92 Å². The van der Waals surface area contributed by atoms with E-state index in [1.165, 1.54) is 23.5 Å². The number of hydrogen-bond acceptors (Lipinski definition) is 4. The number of non-ortho nitro benzene ring substituents is 1. The summed E-state index contributed by atoms with van der Waals surface area (Å²) in [6, 6.07) is 8.09. The predicted molar refractivity (Wildman–Crippen MR) is 74.8 cm³/mol. The van der Waals surface area contributed by atoms with Gasteiger partial charge < -0.3 is 0 Å². The zero-order chi connectivity index (χ0) is 13.8. The molecule has 2 rings (SSSR count). The molecule has 4 nitrogen and oxygen atoms in total. The first-order valence-electron chi connectivity index (χ1n) is 5.94. The van der Waals surface area contributed by atoms with Gasteiger partial charge >= 0.3 is 0 Å². The van der Waals surface area contributed by atoms with E-state index in [2.05, 4.69) is 0 Å². The van der Waals surface area contributed by atoms with Crippen LogP contribution in [0, 0.1) is 10.1 Å². The van der Waals surface area contributed by atoms with Crippen LogP contribution in [0.3, 0.4) is 0 Å². The maximum atomic E-state index is 12.2. The largest absolute Gasteiger partial charge is 0.293 e. The van der Waals surface area contributed by atoms with Crippen LogP contribution in [0.1, 0.15) is 27.7 Å². The molecule has 0 aliphatic rings. The van der Waals surface area contributed by atoms with Crippen molar-refractivity contribution in [3.05, 3.63) is 61.8 Å². The van der Waals surface area contributed by atoms with Gasteiger partial charge in [0.15, 0.2) is 5.78 Å². The van der Waals surface area contributed by atoms with Crippen LogP contribution in [0.4, 0.5) is 5.69 Å². The molecular formula is C14H13NO3S. The topological polar surface area (TPSA) is 60.2 Å². The van der Waals surface area contributed by atoms with E-state index in [0.717, 1.165) is 22.4 Å². The molecule has 0 fully saturated rings. The van der Waals surface area contributed by atoms with Gasteiger partial charge in [0.05, 0.1) is 9.80 Å². The Labute approximate surface area is 114 Å².